The van der Waals surface area contributed by atoms with Crippen LogP contribution in [0.4, 0.5) is 5.82 Å². The van der Waals surface area contributed by atoms with Crippen LogP contribution in [0.1, 0.15) is 29.9 Å². The highest BCUT2D eigenvalue weighted by Crippen LogP contribution is 2.15. The van der Waals surface area contributed by atoms with Crippen LogP contribution in [-0.2, 0) is 0 Å². The molecule has 82 valence electrons. The van der Waals surface area contributed by atoms with E-state index in [1.54, 1.807) is 6.92 Å². The van der Waals surface area contributed by atoms with E-state index in [0.717, 1.165) is 0 Å². The summed E-state index contributed by atoms with van der Waals surface area (Å²) in [6, 6.07) is 0.0726. The van der Waals surface area contributed by atoms with Crippen molar-refractivity contribution >= 4 is 17.9 Å². The molecule has 1 aromatic rings. The van der Waals surface area contributed by atoms with Gasteiger partial charge in [0.15, 0.2) is 5.82 Å². The lowest BCUT2D eigenvalue weighted by atomic mass is 10.2. The Kier molecular flexibility index (Phi) is 3.14. The predicted molar refractivity (Wildman–Crippen MR) is 60.4 cm³/mol. The molecule has 0 unspecified atom stereocenters. The largest absolute Gasteiger partial charge is 0.382 e. The molecule has 5 nitrogen and oxygen atoms in total. The molecule has 0 aliphatic rings. The molecule has 0 bridgehead atoms. The molecule has 1 amide bonds. The molecule has 15 heavy (non-hydrogen) atoms. The third-order valence-electron chi connectivity index (χ3n) is 2.00. The first-order valence-electron chi connectivity index (χ1n) is 4.75. The standard InChI is InChI=1S/C10H16N4O/c1-5-14-7(4)8(9(11)13-14)10(15)12-6(2)3/h5-6H,1H2,2-4H3,(H2,11,13)(H,12,15). The number of hydrogen-bond acceptors (Lipinski definition) is 3. The van der Waals surface area contributed by atoms with Gasteiger partial charge in [-0.3, -0.25) is 4.79 Å². The van der Waals surface area contributed by atoms with E-state index >= 15 is 0 Å². The van der Waals surface area contributed by atoms with Crippen LogP contribution in [0.25, 0.3) is 6.20 Å². The van der Waals surface area contributed by atoms with Gasteiger partial charge in [-0.05, 0) is 20.8 Å². The van der Waals surface area contributed by atoms with E-state index in [1.165, 1.54) is 10.9 Å². The quantitative estimate of drug-likeness (QED) is 0.778. The van der Waals surface area contributed by atoms with E-state index in [0.29, 0.717) is 11.3 Å². The first-order valence-corrected chi connectivity index (χ1v) is 4.75. The molecular weight excluding hydrogens is 192 g/mol. The molecule has 0 saturated heterocycles. The summed E-state index contributed by atoms with van der Waals surface area (Å²) in [7, 11) is 0. The molecule has 0 atom stereocenters. The van der Waals surface area contributed by atoms with Crippen molar-refractivity contribution in [2.75, 3.05) is 5.73 Å². The lowest BCUT2D eigenvalue weighted by Gasteiger charge is -2.07. The molecular formula is C10H16N4O. The highest BCUT2D eigenvalue weighted by molar-refractivity contribution is 5.99. The second kappa shape index (κ2) is 4.16. The Morgan fingerprint density at radius 3 is 2.67 bits per heavy atom. The number of nitrogens with one attached hydrogen (secondary N) is 1. The van der Waals surface area contributed by atoms with Crippen LogP contribution < -0.4 is 11.1 Å². The molecule has 0 fully saturated rings. The van der Waals surface area contributed by atoms with E-state index in [4.69, 9.17) is 5.73 Å². The number of nitrogen functional groups attached to an aromatic ring is 1. The van der Waals surface area contributed by atoms with Crippen LogP contribution in [-0.4, -0.2) is 21.7 Å². The van der Waals surface area contributed by atoms with Crippen LogP contribution in [0.3, 0.4) is 0 Å². The van der Waals surface area contributed by atoms with Crippen molar-refractivity contribution in [3.05, 3.63) is 17.8 Å². The number of nitrogens with two attached hydrogens (primary N) is 1. The molecule has 3 N–H and O–H groups in total. The van der Waals surface area contributed by atoms with Crippen molar-refractivity contribution in [3.8, 4) is 0 Å². The van der Waals surface area contributed by atoms with Gasteiger partial charge in [-0.15, -0.1) is 0 Å². The zero-order chi connectivity index (χ0) is 11.6. The third-order valence-corrected chi connectivity index (χ3v) is 2.00. The second-order valence-corrected chi connectivity index (χ2v) is 3.60. The van der Waals surface area contributed by atoms with Crippen molar-refractivity contribution in [2.45, 2.75) is 26.8 Å². The van der Waals surface area contributed by atoms with Gasteiger partial charge in [-0.25, -0.2) is 4.68 Å². The summed E-state index contributed by atoms with van der Waals surface area (Å²) in [6.07, 6.45) is 1.51. The Morgan fingerprint density at radius 1 is 1.67 bits per heavy atom. The summed E-state index contributed by atoms with van der Waals surface area (Å²) in [6.45, 7) is 9.14. The fourth-order valence-electron chi connectivity index (χ4n) is 1.33. The number of hydrogen-bond donors (Lipinski definition) is 2. The van der Waals surface area contributed by atoms with E-state index in [9.17, 15) is 4.79 Å². The molecule has 0 aromatic carbocycles. The van der Waals surface area contributed by atoms with Crippen molar-refractivity contribution in [2.24, 2.45) is 0 Å². The number of amides is 1. The Labute approximate surface area is 89.0 Å². The van der Waals surface area contributed by atoms with Crippen LogP contribution in [0.2, 0.25) is 0 Å². The molecule has 0 saturated carbocycles. The molecule has 0 radical (unpaired) electrons. The monoisotopic (exact) mass is 208 g/mol. The first kappa shape index (κ1) is 11.3. The first-order chi connectivity index (χ1) is 6.97. The zero-order valence-corrected chi connectivity index (χ0v) is 9.24. The molecule has 1 heterocycles. The van der Waals surface area contributed by atoms with Crippen molar-refractivity contribution in [1.82, 2.24) is 15.1 Å². The maximum absolute atomic E-state index is 11.7. The van der Waals surface area contributed by atoms with Crippen molar-refractivity contribution in [3.63, 3.8) is 0 Å². The Hall–Kier alpha value is -1.78. The van der Waals surface area contributed by atoms with Gasteiger partial charge in [-0.2, -0.15) is 5.10 Å². The smallest absolute Gasteiger partial charge is 0.257 e. The summed E-state index contributed by atoms with van der Waals surface area (Å²) in [5.74, 6) is 0.0265. The topological polar surface area (TPSA) is 72.9 Å². The van der Waals surface area contributed by atoms with Gasteiger partial charge in [0.1, 0.15) is 5.56 Å². The van der Waals surface area contributed by atoms with Gasteiger partial charge in [0.05, 0.1) is 5.69 Å². The van der Waals surface area contributed by atoms with Crippen LogP contribution in [0.5, 0.6) is 0 Å². The average Bonchev–Trinajstić information content (AvgIpc) is 2.40. The second-order valence-electron chi connectivity index (χ2n) is 3.60. The van der Waals surface area contributed by atoms with Gasteiger partial charge in [-0.1, -0.05) is 6.58 Å². The number of carbonyl (C=O) groups excluding carboxylic acids is 1. The summed E-state index contributed by atoms with van der Waals surface area (Å²) >= 11 is 0. The number of carbonyl (C=O) groups is 1. The molecule has 5 heteroatoms. The van der Waals surface area contributed by atoms with Gasteiger partial charge in [0, 0.05) is 12.2 Å². The predicted octanol–water partition coefficient (Wildman–Crippen LogP) is 1.01. The minimum absolute atomic E-state index is 0.0726. The summed E-state index contributed by atoms with van der Waals surface area (Å²) in [4.78, 5) is 11.7. The number of anilines is 1. The van der Waals surface area contributed by atoms with Crippen LogP contribution in [0.15, 0.2) is 6.58 Å². The SMILES string of the molecule is C=Cn1nc(N)c(C(=O)NC(C)C)c1C. The average molecular weight is 208 g/mol. The lowest BCUT2D eigenvalue weighted by molar-refractivity contribution is 0.0943. The number of nitrogens with zero attached hydrogens (tertiary/aromatic N) is 2. The molecule has 1 aromatic heterocycles. The fourth-order valence-corrected chi connectivity index (χ4v) is 1.33. The zero-order valence-electron chi connectivity index (χ0n) is 9.24. The van der Waals surface area contributed by atoms with E-state index in [2.05, 4.69) is 17.0 Å². The highest BCUT2D eigenvalue weighted by atomic mass is 16.1. The van der Waals surface area contributed by atoms with Gasteiger partial charge in [0.25, 0.3) is 5.91 Å². The summed E-state index contributed by atoms with van der Waals surface area (Å²) < 4.78 is 1.49. The van der Waals surface area contributed by atoms with Crippen molar-refractivity contribution in [1.29, 1.82) is 0 Å². The molecule has 0 spiro atoms. The maximum Gasteiger partial charge on any atom is 0.257 e. The molecule has 0 aliphatic carbocycles. The lowest BCUT2D eigenvalue weighted by Crippen LogP contribution is -2.30. The highest BCUT2D eigenvalue weighted by Gasteiger charge is 2.18. The minimum Gasteiger partial charge on any atom is -0.382 e. The Balaban J connectivity index is 3.08. The van der Waals surface area contributed by atoms with Gasteiger partial charge >= 0.3 is 0 Å². The van der Waals surface area contributed by atoms with Crippen LogP contribution in [0, 0.1) is 6.92 Å². The fraction of sp³-hybridized carbons (Fsp3) is 0.400. The molecule has 0 aliphatic heterocycles. The maximum atomic E-state index is 11.7. The van der Waals surface area contributed by atoms with E-state index in [-0.39, 0.29) is 17.8 Å². The number of rotatable bonds is 3. The van der Waals surface area contributed by atoms with Gasteiger partial charge < -0.3 is 11.1 Å². The third kappa shape index (κ3) is 2.18. The van der Waals surface area contributed by atoms with E-state index in [1.807, 2.05) is 13.8 Å². The Morgan fingerprint density at radius 2 is 2.27 bits per heavy atom. The van der Waals surface area contributed by atoms with E-state index < -0.39 is 0 Å². The summed E-state index contributed by atoms with van der Waals surface area (Å²) in [5, 5.41) is 6.74. The van der Waals surface area contributed by atoms with Crippen LogP contribution >= 0.6 is 0 Å². The minimum atomic E-state index is -0.201. The summed E-state index contributed by atoms with van der Waals surface area (Å²) in [5.41, 5.74) is 6.77. The Bertz CT molecular complexity index is 392. The number of aromatic nitrogens is 2. The molecule has 1 rings (SSSR count). The normalized spacial score (nSPS) is 10.4. The van der Waals surface area contributed by atoms with Gasteiger partial charge in [0.2, 0.25) is 0 Å². The van der Waals surface area contributed by atoms with Crippen molar-refractivity contribution < 1.29 is 4.79 Å².